The number of hydrogen-bond acceptors (Lipinski definition) is 5. The van der Waals surface area contributed by atoms with Gasteiger partial charge in [-0.05, 0) is 36.8 Å². The lowest BCUT2D eigenvalue weighted by molar-refractivity contribution is -0.384. The average molecular weight is 328 g/mol. The van der Waals surface area contributed by atoms with Gasteiger partial charge in [0.25, 0.3) is 11.6 Å². The van der Waals surface area contributed by atoms with Crippen LogP contribution in [0, 0.1) is 10.1 Å². The van der Waals surface area contributed by atoms with Crippen LogP contribution in [0.5, 0.6) is 11.5 Å². The molecule has 0 spiro atoms. The summed E-state index contributed by atoms with van der Waals surface area (Å²) in [6, 6.07) is 11.2. The van der Waals surface area contributed by atoms with Gasteiger partial charge in [0.05, 0.1) is 4.92 Å². The fraction of sp³-hybridized carbons (Fsp3) is 0.235. The third kappa shape index (κ3) is 3.15. The summed E-state index contributed by atoms with van der Waals surface area (Å²) in [5, 5.41) is 10.7. The summed E-state index contributed by atoms with van der Waals surface area (Å²) >= 11 is 0. The zero-order valence-corrected chi connectivity index (χ0v) is 13.1. The first-order chi connectivity index (χ1) is 11.6. The molecule has 0 bridgehead atoms. The number of ether oxygens (including phenoxy) is 2. The molecule has 7 nitrogen and oxygen atoms in total. The summed E-state index contributed by atoms with van der Waals surface area (Å²) in [4.78, 5) is 24.5. The van der Waals surface area contributed by atoms with Gasteiger partial charge >= 0.3 is 0 Å². The highest BCUT2D eigenvalue weighted by Crippen LogP contribution is 2.32. The largest absolute Gasteiger partial charge is 0.454 e. The number of hydrogen-bond donors (Lipinski definition) is 0. The third-order valence-electron chi connectivity index (χ3n) is 3.80. The molecule has 124 valence electrons. The van der Waals surface area contributed by atoms with Crippen LogP contribution in [0.25, 0.3) is 0 Å². The van der Waals surface area contributed by atoms with Gasteiger partial charge in [-0.1, -0.05) is 6.07 Å². The smallest absolute Gasteiger partial charge is 0.269 e. The van der Waals surface area contributed by atoms with Gasteiger partial charge in [-0.25, -0.2) is 0 Å². The zero-order chi connectivity index (χ0) is 17.1. The van der Waals surface area contributed by atoms with Crippen molar-refractivity contribution >= 4 is 11.6 Å². The molecule has 0 N–H and O–H groups in total. The van der Waals surface area contributed by atoms with E-state index in [0.29, 0.717) is 30.2 Å². The molecule has 1 amide bonds. The minimum absolute atomic E-state index is 0.0367. The highest BCUT2D eigenvalue weighted by Gasteiger charge is 2.18. The van der Waals surface area contributed by atoms with Crippen LogP contribution in [-0.2, 0) is 6.54 Å². The van der Waals surface area contributed by atoms with E-state index in [-0.39, 0.29) is 18.4 Å². The molecular formula is C17H16N2O5. The quantitative estimate of drug-likeness (QED) is 0.622. The van der Waals surface area contributed by atoms with E-state index in [0.717, 1.165) is 5.56 Å². The van der Waals surface area contributed by atoms with Crippen molar-refractivity contribution in [3.8, 4) is 11.5 Å². The Morgan fingerprint density at radius 1 is 1.17 bits per heavy atom. The lowest BCUT2D eigenvalue weighted by atomic mass is 10.1. The Morgan fingerprint density at radius 2 is 1.88 bits per heavy atom. The number of nitro benzene ring substituents is 1. The van der Waals surface area contributed by atoms with E-state index in [4.69, 9.17) is 9.47 Å². The molecule has 0 aliphatic carbocycles. The monoisotopic (exact) mass is 328 g/mol. The molecule has 0 aromatic heterocycles. The molecule has 0 saturated heterocycles. The van der Waals surface area contributed by atoms with Crippen molar-refractivity contribution in [1.82, 2.24) is 4.90 Å². The molecule has 0 fully saturated rings. The van der Waals surface area contributed by atoms with Crippen LogP contribution >= 0.6 is 0 Å². The minimum atomic E-state index is -0.488. The SMILES string of the molecule is CCN(Cc1ccc2c(c1)OCO2)C(=O)c1ccc([N+](=O)[O-])cc1. The summed E-state index contributed by atoms with van der Waals surface area (Å²) in [5.41, 5.74) is 1.31. The van der Waals surface area contributed by atoms with Crippen molar-refractivity contribution in [2.24, 2.45) is 0 Å². The van der Waals surface area contributed by atoms with Crippen LogP contribution in [0.1, 0.15) is 22.8 Å². The first kappa shape index (κ1) is 15.8. The second kappa shape index (κ2) is 6.57. The topological polar surface area (TPSA) is 81.9 Å². The first-order valence-electron chi connectivity index (χ1n) is 7.50. The number of carbonyl (C=O) groups is 1. The summed E-state index contributed by atoms with van der Waals surface area (Å²) in [6.07, 6.45) is 0. The predicted octanol–water partition coefficient (Wildman–Crippen LogP) is 2.99. The minimum Gasteiger partial charge on any atom is -0.454 e. The second-order valence-electron chi connectivity index (χ2n) is 5.31. The van der Waals surface area contributed by atoms with Crippen molar-refractivity contribution in [2.45, 2.75) is 13.5 Å². The fourth-order valence-corrected chi connectivity index (χ4v) is 2.50. The number of nitrogens with zero attached hydrogens (tertiary/aromatic N) is 2. The van der Waals surface area contributed by atoms with Gasteiger partial charge in [0, 0.05) is 30.8 Å². The Labute approximate surface area is 138 Å². The number of carbonyl (C=O) groups excluding carboxylic acids is 1. The molecule has 2 aromatic carbocycles. The molecule has 1 aliphatic rings. The number of fused-ring (bicyclic) bond motifs is 1. The normalized spacial score (nSPS) is 12.0. The second-order valence-corrected chi connectivity index (χ2v) is 5.31. The molecule has 0 radical (unpaired) electrons. The van der Waals surface area contributed by atoms with E-state index in [2.05, 4.69) is 0 Å². The highest BCUT2D eigenvalue weighted by molar-refractivity contribution is 5.94. The van der Waals surface area contributed by atoms with Gasteiger partial charge in [-0.2, -0.15) is 0 Å². The van der Waals surface area contributed by atoms with Gasteiger partial charge in [0.2, 0.25) is 6.79 Å². The Bertz CT molecular complexity index is 773. The van der Waals surface area contributed by atoms with Gasteiger partial charge in [0.1, 0.15) is 0 Å². The van der Waals surface area contributed by atoms with Crippen molar-refractivity contribution in [1.29, 1.82) is 0 Å². The number of non-ortho nitro benzene ring substituents is 1. The molecule has 0 unspecified atom stereocenters. The van der Waals surface area contributed by atoms with Gasteiger partial charge in [-0.3, -0.25) is 14.9 Å². The molecule has 3 rings (SSSR count). The van der Waals surface area contributed by atoms with Crippen molar-refractivity contribution < 1.29 is 19.2 Å². The average Bonchev–Trinajstić information content (AvgIpc) is 3.07. The fourth-order valence-electron chi connectivity index (χ4n) is 2.50. The lowest BCUT2D eigenvalue weighted by Gasteiger charge is -2.21. The maximum absolute atomic E-state index is 12.6. The molecule has 0 atom stereocenters. The first-order valence-corrected chi connectivity index (χ1v) is 7.50. The Morgan fingerprint density at radius 3 is 2.54 bits per heavy atom. The van der Waals surface area contributed by atoms with E-state index >= 15 is 0 Å². The van der Waals surface area contributed by atoms with E-state index in [1.54, 1.807) is 4.90 Å². The molecule has 7 heteroatoms. The van der Waals surface area contributed by atoms with E-state index in [9.17, 15) is 14.9 Å². The Hall–Kier alpha value is -3.09. The third-order valence-corrected chi connectivity index (χ3v) is 3.80. The number of nitro groups is 1. The van der Waals surface area contributed by atoms with Crippen LogP contribution in [0.4, 0.5) is 5.69 Å². The van der Waals surface area contributed by atoms with Gasteiger partial charge < -0.3 is 14.4 Å². The number of amides is 1. The molecule has 24 heavy (non-hydrogen) atoms. The molecule has 0 saturated carbocycles. The maximum Gasteiger partial charge on any atom is 0.269 e. The predicted molar refractivity (Wildman–Crippen MR) is 86.1 cm³/mol. The summed E-state index contributed by atoms with van der Waals surface area (Å²) in [5.74, 6) is 1.19. The van der Waals surface area contributed by atoms with E-state index < -0.39 is 4.92 Å². The molecule has 2 aromatic rings. The summed E-state index contributed by atoms with van der Waals surface area (Å²) < 4.78 is 10.6. The maximum atomic E-state index is 12.6. The van der Waals surface area contributed by atoms with Crippen molar-refractivity contribution in [3.05, 3.63) is 63.7 Å². The lowest BCUT2D eigenvalue weighted by Crippen LogP contribution is -2.30. The number of benzene rings is 2. The van der Waals surface area contributed by atoms with E-state index in [1.807, 2.05) is 25.1 Å². The number of rotatable bonds is 5. The zero-order valence-electron chi connectivity index (χ0n) is 13.1. The van der Waals surface area contributed by atoms with Gasteiger partial charge in [-0.15, -0.1) is 0 Å². The van der Waals surface area contributed by atoms with Crippen LogP contribution in [-0.4, -0.2) is 29.1 Å². The van der Waals surface area contributed by atoms with Crippen LogP contribution < -0.4 is 9.47 Å². The molecule has 1 heterocycles. The highest BCUT2D eigenvalue weighted by atomic mass is 16.7. The Balaban J connectivity index is 1.75. The Kier molecular flexibility index (Phi) is 4.33. The molecule has 1 aliphatic heterocycles. The van der Waals surface area contributed by atoms with Gasteiger partial charge in [0.15, 0.2) is 11.5 Å². The van der Waals surface area contributed by atoms with Crippen LogP contribution in [0.15, 0.2) is 42.5 Å². The van der Waals surface area contributed by atoms with Crippen LogP contribution in [0.3, 0.4) is 0 Å². The molecular weight excluding hydrogens is 312 g/mol. The summed E-state index contributed by atoms with van der Waals surface area (Å²) in [7, 11) is 0. The van der Waals surface area contributed by atoms with E-state index in [1.165, 1.54) is 24.3 Å². The van der Waals surface area contributed by atoms with Crippen molar-refractivity contribution in [3.63, 3.8) is 0 Å². The standard InChI is InChI=1S/C17H16N2O5/c1-2-18(10-12-3-8-15-16(9-12)24-11-23-15)17(20)13-4-6-14(7-5-13)19(21)22/h3-9H,2,10-11H2,1H3. The summed E-state index contributed by atoms with van der Waals surface area (Å²) in [6.45, 7) is 3.03. The van der Waals surface area contributed by atoms with Crippen molar-refractivity contribution in [2.75, 3.05) is 13.3 Å². The van der Waals surface area contributed by atoms with Crippen LogP contribution in [0.2, 0.25) is 0 Å².